The molecule has 0 aliphatic heterocycles. The molecular formula is C6H5FNO. The molecule has 0 N–H and O–H groups in total. The summed E-state index contributed by atoms with van der Waals surface area (Å²) in [7, 11) is 1.46. The van der Waals surface area contributed by atoms with Crippen LogP contribution in [0.4, 0.5) is 4.39 Å². The number of halogens is 1. The second-order valence-electron chi connectivity index (χ2n) is 1.44. The summed E-state index contributed by atoms with van der Waals surface area (Å²) in [5.74, 6) is -0.104. The second-order valence-corrected chi connectivity index (χ2v) is 1.44. The summed E-state index contributed by atoms with van der Waals surface area (Å²) in [6, 6.07) is 3.65. The third kappa shape index (κ3) is 1.38. The highest BCUT2D eigenvalue weighted by molar-refractivity contribution is 5.07. The largest absolute Gasteiger partial charge is 0.481 e. The van der Waals surface area contributed by atoms with Crippen LogP contribution in [0.5, 0.6) is 5.88 Å². The van der Waals surface area contributed by atoms with E-state index in [4.69, 9.17) is 0 Å². The van der Waals surface area contributed by atoms with Gasteiger partial charge in [-0.25, -0.2) is 9.37 Å². The van der Waals surface area contributed by atoms with E-state index < -0.39 is 5.82 Å². The van der Waals surface area contributed by atoms with Crippen molar-refractivity contribution >= 4 is 0 Å². The van der Waals surface area contributed by atoms with Crippen molar-refractivity contribution in [2.45, 2.75) is 0 Å². The molecule has 1 aromatic rings. The Balaban J connectivity index is 2.88. The highest BCUT2D eigenvalue weighted by atomic mass is 19.1. The Morgan fingerprint density at radius 1 is 1.78 bits per heavy atom. The maximum atomic E-state index is 12.1. The number of methoxy groups -OCH3 is 1. The van der Waals surface area contributed by atoms with Crippen LogP contribution in [0.25, 0.3) is 0 Å². The molecule has 9 heavy (non-hydrogen) atoms. The van der Waals surface area contributed by atoms with E-state index in [9.17, 15) is 4.39 Å². The van der Waals surface area contributed by atoms with E-state index >= 15 is 0 Å². The molecule has 0 aromatic carbocycles. The van der Waals surface area contributed by atoms with Crippen molar-refractivity contribution in [3.8, 4) is 5.88 Å². The maximum absolute atomic E-state index is 12.1. The zero-order valence-electron chi connectivity index (χ0n) is 4.89. The van der Waals surface area contributed by atoms with Crippen molar-refractivity contribution < 1.29 is 9.13 Å². The molecule has 1 heterocycles. The van der Waals surface area contributed by atoms with Crippen molar-refractivity contribution in [3.05, 3.63) is 24.1 Å². The van der Waals surface area contributed by atoms with Gasteiger partial charge in [-0.1, -0.05) is 0 Å². The average molecular weight is 126 g/mol. The molecule has 0 saturated heterocycles. The van der Waals surface area contributed by atoms with Crippen molar-refractivity contribution in [2.24, 2.45) is 0 Å². The quantitative estimate of drug-likeness (QED) is 0.560. The summed E-state index contributed by atoms with van der Waals surface area (Å²) >= 11 is 0. The molecule has 0 saturated carbocycles. The minimum absolute atomic E-state index is 0.302. The normalized spacial score (nSPS) is 9.11. The topological polar surface area (TPSA) is 22.1 Å². The molecule has 47 valence electrons. The van der Waals surface area contributed by atoms with E-state index in [0.29, 0.717) is 5.88 Å². The van der Waals surface area contributed by atoms with Gasteiger partial charge in [-0.05, 0) is 6.07 Å². The van der Waals surface area contributed by atoms with E-state index in [1.807, 2.05) is 0 Å². The van der Waals surface area contributed by atoms with Gasteiger partial charge in [0.1, 0.15) is 5.82 Å². The SMILES string of the molecule is COc1[c]cc(F)cn1. The summed E-state index contributed by atoms with van der Waals surface area (Å²) < 4.78 is 16.7. The van der Waals surface area contributed by atoms with Crippen LogP contribution in [-0.4, -0.2) is 12.1 Å². The Bertz CT molecular complexity index is 185. The van der Waals surface area contributed by atoms with Crippen molar-refractivity contribution in [1.29, 1.82) is 0 Å². The highest BCUT2D eigenvalue weighted by Gasteiger charge is 1.91. The minimum atomic E-state index is -0.407. The van der Waals surface area contributed by atoms with Gasteiger partial charge in [0.25, 0.3) is 0 Å². The fourth-order valence-corrected chi connectivity index (χ4v) is 0.437. The monoisotopic (exact) mass is 126 g/mol. The Labute approximate surface area is 52.3 Å². The first-order valence-corrected chi connectivity index (χ1v) is 2.40. The van der Waals surface area contributed by atoms with Crippen LogP contribution < -0.4 is 4.74 Å². The van der Waals surface area contributed by atoms with Crippen molar-refractivity contribution in [1.82, 2.24) is 4.98 Å². The van der Waals surface area contributed by atoms with Gasteiger partial charge < -0.3 is 4.74 Å². The van der Waals surface area contributed by atoms with E-state index in [0.717, 1.165) is 6.20 Å². The molecule has 0 spiro atoms. The summed E-state index contributed by atoms with van der Waals surface area (Å²) in [4.78, 5) is 3.54. The molecule has 0 aliphatic carbocycles. The zero-order chi connectivity index (χ0) is 6.69. The first-order chi connectivity index (χ1) is 4.33. The number of rotatable bonds is 1. The van der Waals surface area contributed by atoms with Gasteiger partial charge in [0.15, 0.2) is 0 Å². The first kappa shape index (κ1) is 6.01. The molecule has 1 aromatic heterocycles. The fourth-order valence-electron chi connectivity index (χ4n) is 0.437. The maximum Gasteiger partial charge on any atom is 0.221 e. The molecule has 1 radical (unpaired) electrons. The van der Waals surface area contributed by atoms with Gasteiger partial charge in [0.05, 0.1) is 19.4 Å². The van der Waals surface area contributed by atoms with Crippen LogP contribution in [0.1, 0.15) is 0 Å². The molecule has 0 bridgehead atoms. The molecule has 0 unspecified atom stereocenters. The number of nitrogens with zero attached hydrogens (tertiary/aromatic N) is 1. The summed E-state index contributed by atoms with van der Waals surface area (Å²) in [5.41, 5.74) is 0. The van der Waals surface area contributed by atoms with Gasteiger partial charge >= 0.3 is 0 Å². The van der Waals surface area contributed by atoms with Crippen molar-refractivity contribution in [2.75, 3.05) is 7.11 Å². The van der Waals surface area contributed by atoms with E-state index in [1.54, 1.807) is 0 Å². The third-order valence-electron chi connectivity index (χ3n) is 0.832. The Morgan fingerprint density at radius 3 is 3.00 bits per heavy atom. The molecule has 1 rings (SSSR count). The van der Waals surface area contributed by atoms with Crippen LogP contribution in [-0.2, 0) is 0 Å². The first-order valence-electron chi connectivity index (χ1n) is 2.40. The minimum Gasteiger partial charge on any atom is -0.481 e. The van der Waals surface area contributed by atoms with E-state index in [-0.39, 0.29) is 0 Å². The predicted molar refractivity (Wildman–Crippen MR) is 29.6 cm³/mol. The molecule has 3 heteroatoms. The standard InChI is InChI=1S/C6H5FNO/c1-9-6-3-2-5(7)4-8-6/h2,4H,1H3. The Hall–Kier alpha value is -1.12. The fraction of sp³-hybridized carbons (Fsp3) is 0.167. The molecule has 0 fully saturated rings. The number of hydrogen-bond acceptors (Lipinski definition) is 2. The van der Waals surface area contributed by atoms with Gasteiger partial charge in [0, 0.05) is 0 Å². The third-order valence-corrected chi connectivity index (χ3v) is 0.832. The summed E-state index contributed by atoms with van der Waals surface area (Å²) in [6.45, 7) is 0. The van der Waals surface area contributed by atoms with Crippen LogP contribution in [0.15, 0.2) is 12.3 Å². The molecular weight excluding hydrogens is 121 g/mol. The van der Waals surface area contributed by atoms with Gasteiger partial charge in [0.2, 0.25) is 5.88 Å². The molecule has 0 aliphatic rings. The summed E-state index contributed by atoms with van der Waals surface area (Å²) in [6.07, 6.45) is 1.08. The van der Waals surface area contributed by atoms with Crippen molar-refractivity contribution in [3.63, 3.8) is 0 Å². The number of hydrogen-bond donors (Lipinski definition) is 0. The summed E-state index contributed by atoms with van der Waals surface area (Å²) in [5, 5.41) is 0. The van der Waals surface area contributed by atoms with Crippen LogP contribution in [0.2, 0.25) is 0 Å². The molecule has 0 amide bonds. The van der Waals surface area contributed by atoms with Crippen LogP contribution in [0, 0.1) is 11.9 Å². The average Bonchev–Trinajstić information content (AvgIpc) is 1.90. The van der Waals surface area contributed by atoms with Gasteiger partial charge in [-0.2, -0.15) is 0 Å². The number of ether oxygens (including phenoxy) is 1. The second kappa shape index (κ2) is 2.44. The Kier molecular flexibility index (Phi) is 1.63. The van der Waals surface area contributed by atoms with Gasteiger partial charge in [-0.3, -0.25) is 0 Å². The molecule has 0 atom stereocenters. The number of aromatic nitrogens is 1. The number of pyridine rings is 1. The lowest BCUT2D eigenvalue weighted by molar-refractivity contribution is 0.395. The highest BCUT2D eigenvalue weighted by Crippen LogP contribution is 2.02. The predicted octanol–water partition coefficient (Wildman–Crippen LogP) is 1.03. The van der Waals surface area contributed by atoms with Crippen LogP contribution in [0.3, 0.4) is 0 Å². The van der Waals surface area contributed by atoms with Gasteiger partial charge in [-0.15, -0.1) is 0 Å². The zero-order valence-corrected chi connectivity index (χ0v) is 4.89. The van der Waals surface area contributed by atoms with E-state index in [2.05, 4.69) is 15.8 Å². The smallest absolute Gasteiger partial charge is 0.221 e. The lowest BCUT2D eigenvalue weighted by atomic mass is 10.5. The lowest BCUT2D eigenvalue weighted by Crippen LogP contribution is -1.86. The Morgan fingerprint density at radius 2 is 2.56 bits per heavy atom. The molecule has 2 nitrogen and oxygen atoms in total. The van der Waals surface area contributed by atoms with Crippen LogP contribution >= 0.6 is 0 Å². The van der Waals surface area contributed by atoms with E-state index in [1.165, 1.54) is 13.2 Å². The lowest BCUT2D eigenvalue weighted by Gasteiger charge is -1.93.